The van der Waals surface area contributed by atoms with Crippen molar-refractivity contribution in [2.24, 2.45) is 28.9 Å². The number of nitrogens with one attached hydrogen (secondary N) is 1. The van der Waals surface area contributed by atoms with Crippen molar-refractivity contribution in [2.45, 2.75) is 64.8 Å². The highest BCUT2D eigenvalue weighted by Crippen LogP contribution is 2.54. The first-order chi connectivity index (χ1) is 18.4. The summed E-state index contributed by atoms with van der Waals surface area (Å²) in [6.07, 6.45) is -1.61. The van der Waals surface area contributed by atoms with Crippen LogP contribution in [0.15, 0.2) is 17.7 Å². The van der Waals surface area contributed by atoms with E-state index >= 15 is 0 Å². The molecule has 1 fully saturated rings. The molecule has 3 rings (SSSR count). The van der Waals surface area contributed by atoms with Crippen LogP contribution in [0.1, 0.15) is 57.2 Å². The highest BCUT2D eigenvalue weighted by molar-refractivity contribution is 6.24. The molecule has 11 heteroatoms. The van der Waals surface area contributed by atoms with Crippen LogP contribution in [0.2, 0.25) is 0 Å². The number of rotatable bonds is 9. The van der Waals surface area contributed by atoms with E-state index in [1.165, 1.54) is 4.90 Å². The van der Waals surface area contributed by atoms with Gasteiger partial charge in [0.1, 0.15) is 11.5 Å². The number of nitrogens with two attached hydrogens (primary N) is 1. The minimum atomic E-state index is -3.00. The van der Waals surface area contributed by atoms with Crippen LogP contribution >= 0.6 is 0 Å². The lowest BCUT2D eigenvalue weighted by Crippen LogP contribution is -2.70. The Balaban J connectivity index is 2.25. The van der Waals surface area contributed by atoms with Crippen LogP contribution in [0, 0.1) is 23.2 Å². The molecular formula is C29H43N3O8. The number of fused-ring (bicyclic) bond motifs is 2. The molecule has 2 aliphatic carbocycles. The molecule has 11 nitrogen and oxygen atoms in total. The number of ketones is 2. The number of aliphatic hydroxyl groups is 4. The lowest BCUT2D eigenvalue weighted by molar-refractivity contribution is -0.178. The number of aliphatic hydroxyl groups excluding tert-OH is 3. The number of benzene rings is 1. The zero-order chi connectivity index (χ0) is 30.5. The monoisotopic (exact) mass is 561 g/mol. The predicted octanol–water partition coefficient (Wildman–Crippen LogP) is 0.434. The Labute approximate surface area is 234 Å². The SMILES string of the molecule is CC(C(N)=O)C(=O)[C@@]1(O)C(=O)C2=C(O)c3c(ccc(CNCC(C)(C)C)c3O)[C@H](C)[C@H]2[C@H](O)[C@H]1[C@@H](CO)N(C)C. The van der Waals surface area contributed by atoms with Gasteiger partial charge in [0.15, 0.2) is 11.4 Å². The van der Waals surface area contributed by atoms with E-state index in [9.17, 15) is 39.9 Å². The van der Waals surface area contributed by atoms with Gasteiger partial charge in [-0.25, -0.2) is 0 Å². The topological polar surface area (TPSA) is 194 Å². The zero-order valence-corrected chi connectivity index (χ0v) is 24.2. The summed E-state index contributed by atoms with van der Waals surface area (Å²) < 4.78 is 0. The van der Waals surface area contributed by atoms with Gasteiger partial charge < -0.3 is 41.5 Å². The van der Waals surface area contributed by atoms with E-state index < -0.39 is 76.8 Å². The van der Waals surface area contributed by atoms with Gasteiger partial charge in [0.05, 0.1) is 24.2 Å². The first-order valence-electron chi connectivity index (χ1n) is 13.5. The standard InChI is InChI=1S/C29H43N3O8/c1-13-16-9-8-15(10-31-12-28(3,4)5)22(34)19(16)23(35)20-18(13)24(36)21(17(11-33)32(6)7)29(40,26(20)38)25(37)14(2)27(30)39/h8-9,13-14,17-18,21,24,31,33-36,40H,10-12H2,1-7H3,(H2,30,39)/t13-,14?,17+,18+,21+,24-,29+/m0/s1. The van der Waals surface area contributed by atoms with Crippen molar-refractivity contribution in [2.75, 3.05) is 27.2 Å². The molecule has 0 radical (unpaired) electrons. The summed E-state index contributed by atoms with van der Waals surface area (Å²) in [5.74, 6) is -9.33. The maximum absolute atomic E-state index is 14.1. The average molecular weight is 562 g/mol. The molecule has 0 aromatic heterocycles. The molecule has 0 bridgehead atoms. The van der Waals surface area contributed by atoms with Crippen molar-refractivity contribution in [1.82, 2.24) is 10.2 Å². The van der Waals surface area contributed by atoms with E-state index in [-0.39, 0.29) is 23.3 Å². The third-order valence-corrected chi connectivity index (χ3v) is 8.39. The van der Waals surface area contributed by atoms with E-state index in [1.807, 2.05) is 0 Å². The van der Waals surface area contributed by atoms with Crippen molar-refractivity contribution in [3.05, 3.63) is 34.4 Å². The number of likely N-dealkylation sites (N-methyl/N-ethyl adjacent to an activating group) is 1. The van der Waals surface area contributed by atoms with Gasteiger partial charge in [-0.05, 0) is 37.9 Å². The van der Waals surface area contributed by atoms with E-state index in [0.717, 1.165) is 6.92 Å². The Hall–Kier alpha value is -2.83. The zero-order valence-electron chi connectivity index (χ0n) is 24.2. The molecular weight excluding hydrogens is 518 g/mol. The van der Waals surface area contributed by atoms with Crippen LogP contribution < -0.4 is 11.1 Å². The highest BCUT2D eigenvalue weighted by Gasteiger charge is 2.65. The number of aromatic hydroxyl groups is 1. The number of amides is 1. The van der Waals surface area contributed by atoms with Crippen LogP contribution in [-0.4, -0.2) is 92.9 Å². The Kier molecular flexibility index (Phi) is 8.88. The molecule has 222 valence electrons. The largest absolute Gasteiger partial charge is 0.507 e. The molecule has 1 unspecified atom stereocenters. The Morgan fingerprint density at radius 2 is 1.80 bits per heavy atom. The number of nitrogens with zero attached hydrogens (tertiary/aromatic N) is 1. The molecule has 0 spiro atoms. The number of carbonyl (C=O) groups is 3. The Bertz CT molecular complexity index is 1220. The predicted molar refractivity (Wildman–Crippen MR) is 148 cm³/mol. The molecule has 1 aromatic carbocycles. The summed E-state index contributed by atoms with van der Waals surface area (Å²) in [5.41, 5.74) is 2.83. The van der Waals surface area contributed by atoms with E-state index in [2.05, 4.69) is 26.1 Å². The molecule has 0 heterocycles. The third kappa shape index (κ3) is 5.16. The first-order valence-corrected chi connectivity index (χ1v) is 13.5. The fraction of sp³-hybridized carbons (Fsp3) is 0.621. The van der Waals surface area contributed by atoms with Crippen LogP contribution in [0.25, 0.3) is 5.76 Å². The number of phenols is 1. The molecule has 2 aliphatic rings. The quantitative estimate of drug-likeness (QED) is 0.208. The van der Waals surface area contributed by atoms with Gasteiger partial charge in [-0.15, -0.1) is 0 Å². The molecule has 1 saturated carbocycles. The Morgan fingerprint density at radius 1 is 1.20 bits per heavy atom. The van der Waals surface area contributed by atoms with Crippen LogP contribution in [-0.2, 0) is 20.9 Å². The molecule has 40 heavy (non-hydrogen) atoms. The lowest BCUT2D eigenvalue weighted by atomic mass is 9.55. The maximum atomic E-state index is 14.1. The summed E-state index contributed by atoms with van der Waals surface area (Å²) in [6.45, 7) is 9.30. The summed E-state index contributed by atoms with van der Waals surface area (Å²) in [7, 11) is 3.10. The van der Waals surface area contributed by atoms with Gasteiger partial charge in [-0.1, -0.05) is 39.8 Å². The number of primary amides is 1. The molecule has 0 aliphatic heterocycles. The summed E-state index contributed by atoms with van der Waals surface area (Å²) >= 11 is 0. The molecule has 1 aromatic rings. The van der Waals surface area contributed by atoms with Crippen molar-refractivity contribution in [1.29, 1.82) is 0 Å². The van der Waals surface area contributed by atoms with Gasteiger partial charge in [-0.3, -0.25) is 14.4 Å². The maximum Gasteiger partial charge on any atom is 0.227 e. The van der Waals surface area contributed by atoms with Crippen LogP contribution in [0.5, 0.6) is 5.75 Å². The molecule has 8 N–H and O–H groups in total. The van der Waals surface area contributed by atoms with Gasteiger partial charge in [-0.2, -0.15) is 0 Å². The summed E-state index contributed by atoms with van der Waals surface area (Å²) in [6, 6.07) is 2.34. The van der Waals surface area contributed by atoms with Gasteiger partial charge >= 0.3 is 0 Å². The van der Waals surface area contributed by atoms with E-state index in [0.29, 0.717) is 17.7 Å². The van der Waals surface area contributed by atoms with Crippen molar-refractivity contribution >= 4 is 23.2 Å². The lowest BCUT2D eigenvalue weighted by Gasteiger charge is -2.52. The number of hydrogen-bond acceptors (Lipinski definition) is 10. The van der Waals surface area contributed by atoms with E-state index in [1.54, 1.807) is 33.2 Å². The first kappa shape index (κ1) is 31.7. The van der Waals surface area contributed by atoms with Crippen LogP contribution in [0.4, 0.5) is 0 Å². The van der Waals surface area contributed by atoms with Crippen molar-refractivity contribution < 1.29 is 39.9 Å². The number of hydrogen-bond donors (Lipinski definition) is 7. The minimum absolute atomic E-state index is 0.0168. The normalized spacial score (nSPS) is 28.2. The van der Waals surface area contributed by atoms with Gasteiger partial charge in [0, 0.05) is 42.1 Å². The fourth-order valence-corrected chi connectivity index (χ4v) is 6.12. The van der Waals surface area contributed by atoms with Gasteiger partial charge in [0.25, 0.3) is 0 Å². The molecule has 1 amide bonds. The highest BCUT2D eigenvalue weighted by atomic mass is 16.3. The Morgan fingerprint density at radius 3 is 2.30 bits per heavy atom. The minimum Gasteiger partial charge on any atom is -0.507 e. The summed E-state index contributed by atoms with van der Waals surface area (Å²) in [4.78, 5) is 41.1. The van der Waals surface area contributed by atoms with Crippen LogP contribution in [0.3, 0.4) is 0 Å². The average Bonchev–Trinajstić information content (AvgIpc) is 2.86. The molecule has 7 atom stereocenters. The van der Waals surface area contributed by atoms with Crippen molar-refractivity contribution in [3.8, 4) is 5.75 Å². The number of Topliss-reactive ketones (excluding diaryl/α,β-unsaturated/α-hetero) is 2. The fourth-order valence-electron chi connectivity index (χ4n) is 6.12. The second kappa shape index (κ2) is 11.2. The smallest absolute Gasteiger partial charge is 0.227 e. The van der Waals surface area contributed by atoms with E-state index in [4.69, 9.17) is 5.73 Å². The molecule has 0 saturated heterocycles. The van der Waals surface area contributed by atoms with Crippen molar-refractivity contribution in [3.63, 3.8) is 0 Å². The number of carbonyl (C=O) groups excluding carboxylic acids is 3. The second-order valence-electron chi connectivity index (χ2n) is 12.6. The third-order valence-electron chi connectivity index (χ3n) is 8.39. The number of phenolic OH excluding ortho intramolecular Hbond substituents is 1. The second-order valence-corrected chi connectivity index (χ2v) is 12.6. The van der Waals surface area contributed by atoms with Gasteiger partial charge in [0.2, 0.25) is 11.7 Å². The summed E-state index contributed by atoms with van der Waals surface area (Å²) in [5, 5.41) is 59.7.